The molecule has 0 atom stereocenters. The second-order valence-electron chi connectivity index (χ2n) is 4.26. The Hall–Kier alpha value is -1.04. The van der Waals surface area contributed by atoms with Crippen molar-refractivity contribution in [1.82, 2.24) is 4.72 Å². The smallest absolute Gasteiger partial charge is 0.242 e. The first-order valence-electron chi connectivity index (χ1n) is 5.67. The third-order valence-electron chi connectivity index (χ3n) is 2.55. The molecule has 0 saturated heterocycles. The number of nitrogens with one attached hydrogen (secondary N) is 2. The molecule has 0 heterocycles. The van der Waals surface area contributed by atoms with Crippen LogP contribution < -0.4 is 10.0 Å². The molecule has 0 amide bonds. The van der Waals surface area contributed by atoms with Crippen LogP contribution in [0, 0.1) is 0 Å². The fraction of sp³-hybridized carbons (Fsp3) is 0.333. The highest BCUT2D eigenvalue weighted by Gasteiger charge is 2.29. The van der Waals surface area contributed by atoms with E-state index >= 15 is 0 Å². The van der Waals surface area contributed by atoms with Crippen LogP contribution in [-0.4, -0.2) is 21.0 Å². The van der Waals surface area contributed by atoms with Crippen molar-refractivity contribution < 1.29 is 8.42 Å². The van der Waals surface area contributed by atoms with E-state index in [9.17, 15) is 8.42 Å². The summed E-state index contributed by atoms with van der Waals surface area (Å²) in [6.07, 6.45) is 1.82. The van der Waals surface area contributed by atoms with Gasteiger partial charge in [0.1, 0.15) is 4.90 Å². The number of rotatable bonds is 6. The molecule has 0 radical (unpaired) electrons. The number of para-hydroxylation sites is 1. The molecule has 1 aliphatic carbocycles. The molecule has 2 N–H and O–H groups in total. The van der Waals surface area contributed by atoms with E-state index in [1.165, 1.54) is 0 Å². The summed E-state index contributed by atoms with van der Waals surface area (Å²) < 4.78 is 26.9. The molecule has 2 rings (SSSR count). The van der Waals surface area contributed by atoms with Gasteiger partial charge in [-0.1, -0.05) is 30.3 Å². The summed E-state index contributed by atoms with van der Waals surface area (Å²) in [5.41, 5.74) is 0.535. The maximum atomic E-state index is 12.1. The summed E-state index contributed by atoms with van der Waals surface area (Å²) in [4.78, 5) is 0.245. The Morgan fingerprint density at radius 2 is 2.06 bits per heavy atom. The van der Waals surface area contributed by atoms with Crippen molar-refractivity contribution in [2.24, 2.45) is 0 Å². The van der Waals surface area contributed by atoms with Crippen molar-refractivity contribution in [3.8, 4) is 0 Å². The highest BCUT2D eigenvalue weighted by molar-refractivity contribution is 7.89. The Labute approximate surface area is 112 Å². The van der Waals surface area contributed by atoms with E-state index in [-0.39, 0.29) is 10.9 Å². The number of sulfonamides is 1. The lowest BCUT2D eigenvalue weighted by atomic mass is 10.3. The van der Waals surface area contributed by atoms with Crippen LogP contribution in [0.1, 0.15) is 12.8 Å². The van der Waals surface area contributed by atoms with Crippen LogP contribution in [-0.2, 0) is 10.0 Å². The lowest BCUT2D eigenvalue weighted by molar-refractivity contribution is 0.581. The summed E-state index contributed by atoms with van der Waals surface area (Å²) >= 11 is 5.67. The van der Waals surface area contributed by atoms with Gasteiger partial charge in [-0.15, -0.1) is 0 Å². The van der Waals surface area contributed by atoms with Crippen LogP contribution in [0.2, 0.25) is 0 Å². The van der Waals surface area contributed by atoms with Crippen LogP contribution >= 0.6 is 11.6 Å². The number of hydrogen-bond acceptors (Lipinski definition) is 3. The van der Waals surface area contributed by atoms with Crippen LogP contribution in [0.4, 0.5) is 5.69 Å². The average molecular weight is 287 g/mol. The van der Waals surface area contributed by atoms with Crippen molar-refractivity contribution in [3.63, 3.8) is 0 Å². The minimum absolute atomic E-state index is 0.0889. The Balaban J connectivity index is 2.22. The number of hydrogen-bond donors (Lipinski definition) is 2. The topological polar surface area (TPSA) is 58.2 Å². The van der Waals surface area contributed by atoms with E-state index < -0.39 is 10.0 Å². The lowest BCUT2D eigenvalue weighted by Crippen LogP contribution is -2.26. The zero-order valence-corrected chi connectivity index (χ0v) is 11.4. The van der Waals surface area contributed by atoms with Crippen molar-refractivity contribution in [3.05, 3.63) is 35.9 Å². The molecule has 0 spiro atoms. The molecule has 1 saturated carbocycles. The van der Waals surface area contributed by atoms with Crippen LogP contribution in [0.15, 0.2) is 40.8 Å². The van der Waals surface area contributed by atoms with Crippen molar-refractivity contribution in [1.29, 1.82) is 0 Å². The van der Waals surface area contributed by atoms with Gasteiger partial charge in [0, 0.05) is 11.1 Å². The monoisotopic (exact) mass is 286 g/mol. The van der Waals surface area contributed by atoms with E-state index in [4.69, 9.17) is 11.6 Å². The number of anilines is 1. The second-order valence-corrected chi connectivity index (χ2v) is 6.48. The first kappa shape index (κ1) is 13.4. The van der Waals surface area contributed by atoms with Gasteiger partial charge in [-0.3, -0.25) is 0 Å². The maximum Gasteiger partial charge on any atom is 0.242 e. The molecular formula is C12H15ClN2O2S. The molecule has 6 heteroatoms. The minimum atomic E-state index is -3.46. The largest absolute Gasteiger partial charge is 0.379 e. The summed E-state index contributed by atoms with van der Waals surface area (Å²) in [5, 5.41) is 3.39. The normalized spacial score (nSPS) is 15.4. The van der Waals surface area contributed by atoms with Gasteiger partial charge in [-0.05, 0) is 25.0 Å². The second kappa shape index (κ2) is 5.30. The average Bonchev–Trinajstić information content (AvgIpc) is 3.10. The first-order valence-corrected chi connectivity index (χ1v) is 7.53. The predicted octanol–water partition coefficient (Wildman–Crippen LogP) is 2.29. The highest BCUT2D eigenvalue weighted by atomic mass is 35.5. The summed E-state index contributed by atoms with van der Waals surface area (Å²) in [6, 6.07) is 6.84. The van der Waals surface area contributed by atoms with Crippen molar-refractivity contribution >= 4 is 27.3 Å². The number of halogens is 1. The molecule has 0 aromatic heterocycles. The van der Waals surface area contributed by atoms with E-state index in [0.29, 0.717) is 17.3 Å². The molecule has 0 aliphatic heterocycles. The third-order valence-corrected chi connectivity index (χ3v) is 4.26. The molecule has 1 aliphatic rings. The van der Waals surface area contributed by atoms with E-state index in [1.807, 2.05) is 0 Å². The van der Waals surface area contributed by atoms with E-state index in [2.05, 4.69) is 16.6 Å². The molecule has 1 aromatic carbocycles. The SMILES string of the molecule is C=C(Cl)CNc1ccccc1S(=O)(=O)NC1CC1. The third kappa shape index (κ3) is 3.48. The Bertz CT molecular complexity index is 553. The quantitative estimate of drug-likeness (QED) is 0.843. The molecule has 0 unspecified atom stereocenters. The molecule has 4 nitrogen and oxygen atoms in total. The molecular weight excluding hydrogens is 272 g/mol. The first-order chi connectivity index (χ1) is 8.49. The maximum absolute atomic E-state index is 12.1. The Morgan fingerprint density at radius 1 is 1.39 bits per heavy atom. The van der Waals surface area contributed by atoms with E-state index in [1.54, 1.807) is 24.3 Å². The summed E-state index contributed by atoms with van der Waals surface area (Å²) in [6.45, 7) is 3.89. The van der Waals surface area contributed by atoms with Crippen LogP contribution in [0.3, 0.4) is 0 Å². The van der Waals surface area contributed by atoms with Gasteiger partial charge in [0.2, 0.25) is 10.0 Å². The lowest BCUT2D eigenvalue weighted by Gasteiger charge is -2.12. The fourth-order valence-electron chi connectivity index (χ4n) is 1.52. The van der Waals surface area contributed by atoms with Crippen molar-refractivity contribution in [2.75, 3.05) is 11.9 Å². The van der Waals surface area contributed by atoms with Gasteiger partial charge in [0.25, 0.3) is 0 Å². The fourth-order valence-corrected chi connectivity index (χ4v) is 3.08. The summed E-state index contributed by atoms with van der Waals surface area (Å²) in [7, 11) is -3.46. The van der Waals surface area contributed by atoms with E-state index in [0.717, 1.165) is 12.8 Å². The zero-order valence-electron chi connectivity index (χ0n) is 9.82. The van der Waals surface area contributed by atoms with Gasteiger partial charge < -0.3 is 5.32 Å². The van der Waals surface area contributed by atoms with Gasteiger partial charge in [-0.25, -0.2) is 13.1 Å². The molecule has 1 fully saturated rings. The van der Waals surface area contributed by atoms with Crippen molar-refractivity contribution in [2.45, 2.75) is 23.8 Å². The number of benzene rings is 1. The molecule has 18 heavy (non-hydrogen) atoms. The Kier molecular flexibility index (Phi) is 3.94. The highest BCUT2D eigenvalue weighted by Crippen LogP contribution is 2.26. The van der Waals surface area contributed by atoms with Crippen LogP contribution in [0.25, 0.3) is 0 Å². The zero-order chi connectivity index (χ0) is 13.2. The van der Waals surface area contributed by atoms with Gasteiger partial charge in [0.05, 0.1) is 12.2 Å². The van der Waals surface area contributed by atoms with Gasteiger partial charge in [-0.2, -0.15) is 0 Å². The van der Waals surface area contributed by atoms with Gasteiger partial charge >= 0.3 is 0 Å². The minimum Gasteiger partial charge on any atom is -0.379 e. The predicted molar refractivity (Wildman–Crippen MR) is 73.3 cm³/mol. The molecule has 0 bridgehead atoms. The molecule has 98 valence electrons. The summed E-state index contributed by atoms with van der Waals surface area (Å²) in [5.74, 6) is 0. The van der Waals surface area contributed by atoms with Gasteiger partial charge in [0.15, 0.2) is 0 Å². The molecule has 1 aromatic rings. The van der Waals surface area contributed by atoms with Crippen LogP contribution in [0.5, 0.6) is 0 Å². The standard InChI is InChI=1S/C12H15ClN2O2S/c1-9(13)8-14-11-4-2-3-5-12(11)18(16,17)15-10-6-7-10/h2-5,10,14-15H,1,6-8H2. The Morgan fingerprint density at radius 3 is 2.67 bits per heavy atom.